The summed E-state index contributed by atoms with van der Waals surface area (Å²) in [6, 6.07) is 8.21. The maximum Gasteiger partial charge on any atom is 0.224 e. The average Bonchev–Trinajstić information content (AvgIpc) is 2.92. The number of hydrogen-bond donors (Lipinski definition) is 1. The zero-order valence-electron chi connectivity index (χ0n) is 19.2. The van der Waals surface area contributed by atoms with Gasteiger partial charge in [0.05, 0.1) is 11.0 Å². The van der Waals surface area contributed by atoms with E-state index in [4.69, 9.17) is 4.98 Å². The molecule has 6 nitrogen and oxygen atoms in total. The van der Waals surface area contributed by atoms with Crippen LogP contribution in [0.15, 0.2) is 24.3 Å². The van der Waals surface area contributed by atoms with E-state index >= 15 is 0 Å². The van der Waals surface area contributed by atoms with Crippen LogP contribution in [0.25, 0.3) is 11.0 Å². The van der Waals surface area contributed by atoms with Crippen LogP contribution in [0.5, 0.6) is 0 Å². The number of para-hydroxylation sites is 2. The van der Waals surface area contributed by atoms with Gasteiger partial charge in [0.2, 0.25) is 11.8 Å². The van der Waals surface area contributed by atoms with Crippen LogP contribution in [0.1, 0.15) is 71.0 Å². The molecule has 1 aliphatic heterocycles. The molecule has 170 valence electrons. The Bertz CT molecular complexity index is 850. The number of nitrogens with zero attached hydrogens (tertiary/aromatic N) is 3. The highest BCUT2D eigenvalue weighted by atomic mass is 16.2. The van der Waals surface area contributed by atoms with E-state index in [0.717, 1.165) is 75.0 Å². The molecular formula is C25H38N4O2. The number of benzene rings is 1. The van der Waals surface area contributed by atoms with Gasteiger partial charge in [0, 0.05) is 44.9 Å². The third-order valence-electron chi connectivity index (χ3n) is 6.14. The highest BCUT2D eigenvalue weighted by Crippen LogP contribution is 2.19. The zero-order chi connectivity index (χ0) is 22.1. The van der Waals surface area contributed by atoms with Crippen molar-refractivity contribution in [1.82, 2.24) is 19.8 Å². The standard InChI is InChI=1S/C25H38N4O2/c1-20(2)25(31)26-16-9-5-6-14-23-27-21-12-7-8-13-22(21)29(23)19-15-24(30)28-17-10-3-4-11-18-28/h7-8,12-13,20H,3-6,9-11,14-19H2,1-2H3,(H,26,31). The number of amides is 2. The fourth-order valence-electron chi connectivity index (χ4n) is 4.25. The van der Waals surface area contributed by atoms with Crippen molar-refractivity contribution in [2.75, 3.05) is 19.6 Å². The molecule has 0 spiro atoms. The molecule has 2 heterocycles. The fraction of sp³-hybridized carbons (Fsp3) is 0.640. The molecule has 1 aromatic carbocycles. The number of imidazole rings is 1. The summed E-state index contributed by atoms with van der Waals surface area (Å²) in [6.07, 6.45) is 9.22. The Balaban J connectivity index is 1.54. The number of fused-ring (bicyclic) bond motifs is 1. The molecule has 0 aliphatic carbocycles. The predicted octanol–water partition coefficient (Wildman–Crippen LogP) is 4.31. The molecule has 3 rings (SSSR count). The summed E-state index contributed by atoms with van der Waals surface area (Å²) in [4.78, 5) is 31.3. The van der Waals surface area contributed by atoms with Crippen molar-refractivity contribution < 1.29 is 9.59 Å². The Morgan fingerprint density at radius 2 is 1.77 bits per heavy atom. The highest BCUT2D eigenvalue weighted by molar-refractivity contribution is 5.78. The molecule has 6 heteroatoms. The molecule has 0 bridgehead atoms. The van der Waals surface area contributed by atoms with Gasteiger partial charge in [-0.15, -0.1) is 0 Å². The Kier molecular flexibility index (Phi) is 8.92. The smallest absolute Gasteiger partial charge is 0.224 e. The molecule has 0 radical (unpaired) electrons. The molecule has 1 saturated heterocycles. The molecule has 2 amide bonds. The number of aryl methyl sites for hydroxylation is 2. The molecule has 0 saturated carbocycles. The molecular weight excluding hydrogens is 388 g/mol. The second-order valence-corrected chi connectivity index (χ2v) is 8.97. The van der Waals surface area contributed by atoms with Gasteiger partial charge in [-0.25, -0.2) is 4.98 Å². The largest absolute Gasteiger partial charge is 0.356 e. The van der Waals surface area contributed by atoms with Crippen molar-refractivity contribution in [2.45, 2.75) is 78.2 Å². The number of unbranched alkanes of at least 4 members (excludes halogenated alkanes) is 2. The minimum Gasteiger partial charge on any atom is -0.356 e. The van der Waals surface area contributed by atoms with Gasteiger partial charge in [-0.05, 0) is 37.8 Å². The topological polar surface area (TPSA) is 67.2 Å². The van der Waals surface area contributed by atoms with Crippen molar-refractivity contribution in [3.8, 4) is 0 Å². The van der Waals surface area contributed by atoms with Gasteiger partial charge in [-0.2, -0.15) is 0 Å². The number of carbonyl (C=O) groups excluding carboxylic acids is 2. The van der Waals surface area contributed by atoms with E-state index in [1.54, 1.807) is 0 Å². The molecule has 1 fully saturated rings. The van der Waals surface area contributed by atoms with Crippen molar-refractivity contribution >= 4 is 22.8 Å². The van der Waals surface area contributed by atoms with Gasteiger partial charge in [0.1, 0.15) is 5.82 Å². The number of rotatable bonds is 10. The van der Waals surface area contributed by atoms with Crippen LogP contribution in [0.2, 0.25) is 0 Å². The van der Waals surface area contributed by atoms with Crippen molar-refractivity contribution in [3.05, 3.63) is 30.1 Å². The monoisotopic (exact) mass is 426 g/mol. The van der Waals surface area contributed by atoms with E-state index < -0.39 is 0 Å². The van der Waals surface area contributed by atoms with Crippen LogP contribution in [-0.2, 0) is 22.6 Å². The van der Waals surface area contributed by atoms with Gasteiger partial charge in [-0.3, -0.25) is 9.59 Å². The van der Waals surface area contributed by atoms with Crippen molar-refractivity contribution in [1.29, 1.82) is 0 Å². The van der Waals surface area contributed by atoms with E-state index in [9.17, 15) is 9.59 Å². The zero-order valence-corrected chi connectivity index (χ0v) is 19.2. The summed E-state index contributed by atoms with van der Waals surface area (Å²) in [5.41, 5.74) is 2.12. The van der Waals surface area contributed by atoms with E-state index in [1.165, 1.54) is 12.8 Å². The van der Waals surface area contributed by atoms with E-state index in [0.29, 0.717) is 13.0 Å². The maximum absolute atomic E-state index is 12.8. The van der Waals surface area contributed by atoms with Gasteiger partial charge in [0.25, 0.3) is 0 Å². The molecule has 1 aromatic heterocycles. The quantitative estimate of drug-likeness (QED) is 0.576. The lowest BCUT2D eigenvalue weighted by Gasteiger charge is -2.20. The van der Waals surface area contributed by atoms with Crippen LogP contribution in [0.3, 0.4) is 0 Å². The molecule has 0 unspecified atom stereocenters. The molecule has 31 heavy (non-hydrogen) atoms. The first-order valence-corrected chi connectivity index (χ1v) is 12.1. The van der Waals surface area contributed by atoms with E-state index in [-0.39, 0.29) is 17.7 Å². The molecule has 2 aromatic rings. The lowest BCUT2D eigenvalue weighted by molar-refractivity contribution is -0.131. The Labute approximate surface area is 186 Å². The summed E-state index contributed by atoms with van der Waals surface area (Å²) in [5.74, 6) is 1.50. The first-order chi connectivity index (χ1) is 15.1. The van der Waals surface area contributed by atoms with E-state index in [2.05, 4.69) is 20.9 Å². The summed E-state index contributed by atoms with van der Waals surface area (Å²) in [7, 11) is 0. The lowest BCUT2D eigenvalue weighted by Crippen LogP contribution is -2.32. The number of likely N-dealkylation sites (tertiary alicyclic amines) is 1. The molecule has 1 aliphatic rings. The van der Waals surface area contributed by atoms with Gasteiger partial charge < -0.3 is 14.8 Å². The molecule has 0 atom stereocenters. The third-order valence-corrected chi connectivity index (χ3v) is 6.14. The second kappa shape index (κ2) is 11.9. The summed E-state index contributed by atoms with van der Waals surface area (Å²) >= 11 is 0. The SMILES string of the molecule is CC(C)C(=O)NCCCCCc1nc2ccccc2n1CCC(=O)N1CCCCCC1. The second-order valence-electron chi connectivity index (χ2n) is 8.97. The summed E-state index contributed by atoms with van der Waals surface area (Å²) in [5, 5.41) is 2.98. The minimum atomic E-state index is 0.0388. The molecule has 1 N–H and O–H groups in total. The first-order valence-electron chi connectivity index (χ1n) is 12.1. The first kappa shape index (κ1) is 23.3. The number of carbonyl (C=O) groups is 2. The van der Waals surface area contributed by atoms with Crippen molar-refractivity contribution in [3.63, 3.8) is 0 Å². The predicted molar refractivity (Wildman–Crippen MR) is 125 cm³/mol. The Morgan fingerprint density at radius 1 is 1.03 bits per heavy atom. The fourth-order valence-corrected chi connectivity index (χ4v) is 4.25. The number of nitrogens with one attached hydrogen (secondary N) is 1. The lowest BCUT2D eigenvalue weighted by atomic mass is 10.1. The van der Waals surface area contributed by atoms with Crippen molar-refractivity contribution in [2.24, 2.45) is 5.92 Å². The average molecular weight is 427 g/mol. The van der Waals surface area contributed by atoms with Gasteiger partial charge in [0.15, 0.2) is 0 Å². The number of aromatic nitrogens is 2. The van der Waals surface area contributed by atoms with Crippen LogP contribution in [0.4, 0.5) is 0 Å². The van der Waals surface area contributed by atoms with Crippen LogP contribution < -0.4 is 5.32 Å². The van der Waals surface area contributed by atoms with Crippen LogP contribution >= 0.6 is 0 Å². The Morgan fingerprint density at radius 3 is 2.52 bits per heavy atom. The summed E-state index contributed by atoms with van der Waals surface area (Å²) in [6.45, 7) is 7.07. The van der Waals surface area contributed by atoms with Crippen LogP contribution in [-0.4, -0.2) is 45.9 Å². The minimum absolute atomic E-state index is 0.0388. The van der Waals surface area contributed by atoms with Gasteiger partial charge >= 0.3 is 0 Å². The summed E-state index contributed by atoms with van der Waals surface area (Å²) < 4.78 is 2.24. The van der Waals surface area contributed by atoms with Crippen LogP contribution in [0, 0.1) is 5.92 Å². The normalized spacial score (nSPS) is 14.7. The Hall–Kier alpha value is -2.37. The maximum atomic E-state index is 12.8. The highest BCUT2D eigenvalue weighted by Gasteiger charge is 2.17. The third kappa shape index (κ3) is 6.81. The van der Waals surface area contributed by atoms with E-state index in [1.807, 2.05) is 32.0 Å². The number of hydrogen-bond acceptors (Lipinski definition) is 3. The van der Waals surface area contributed by atoms with Gasteiger partial charge in [-0.1, -0.05) is 45.2 Å².